The SMILES string of the molecule is NC1CCCC1n1cccn1. The molecule has 1 heterocycles. The molecule has 2 rings (SSSR count). The molecular weight excluding hydrogens is 138 g/mol. The molecule has 1 aliphatic carbocycles. The molecule has 1 fully saturated rings. The van der Waals surface area contributed by atoms with Crippen LogP contribution < -0.4 is 5.73 Å². The molecule has 1 saturated carbocycles. The van der Waals surface area contributed by atoms with E-state index in [1.165, 1.54) is 12.8 Å². The normalized spacial score (nSPS) is 31.0. The molecule has 0 saturated heterocycles. The van der Waals surface area contributed by atoms with Gasteiger partial charge in [-0.2, -0.15) is 5.10 Å². The minimum atomic E-state index is 0.315. The van der Waals surface area contributed by atoms with Gasteiger partial charge in [-0.05, 0) is 25.3 Å². The van der Waals surface area contributed by atoms with Crippen molar-refractivity contribution in [3.63, 3.8) is 0 Å². The average molecular weight is 151 g/mol. The highest BCUT2D eigenvalue weighted by Gasteiger charge is 2.25. The Hall–Kier alpha value is -0.830. The summed E-state index contributed by atoms with van der Waals surface area (Å²) in [5, 5.41) is 4.19. The highest BCUT2D eigenvalue weighted by Crippen LogP contribution is 2.27. The van der Waals surface area contributed by atoms with Gasteiger partial charge in [-0.3, -0.25) is 4.68 Å². The van der Waals surface area contributed by atoms with Crippen molar-refractivity contribution in [2.75, 3.05) is 0 Å². The first-order valence-electron chi connectivity index (χ1n) is 4.12. The zero-order valence-corrected chi connectivity index (χ0v) is 6.48. The van der Waals surface area contributed by atoms with E-state index in [0.717, 1.165) is 6.42 Å². The molecule has 1 aromatic rings. The van der Waals surface area contributed by atoms with Crippen molar-refractivity contribution in [3.05, 3.63) is 18.5 Å². The van der Waals surface area contributed by atoms with Crippen molar-refractivity contribution >= 4 is 0 Å². The minimum absolute atomic E-state index is 0.315. The van der Waals surface area contributed by atoms with Crippen LogP contribution in [0.1, 0.15) is 25.3 Å². The molecule has 0 aliphatic heterocycles. The monoisotopic (exact) mass is 151 g/mol. The smallest absolute Gasteiger partial charge is 0.0670 e. The van der Waals surface area contributed by atoms with E-state index in [1.54, 1.807) is 0 Å². The van der Waals surface area contributed by atoms with Crippen molar-refractivity contribution in [3.8, 4) is 0 Å². The lowest BCUT2D eigenvalue weighted by Crippen LogP contribution is -2.27. The largest absolute Gasteiger partial charge is 0.326 e. The van der Waals surface area contributed by atoms with Crippen molar-refractivity contribution in [2.24, 2.45) is 5.73 Å². The topological polar surface area (TPSA) is 43.8 Å². The standard InChI is InChI=1S/C8H13N3/c9-7-3-1-4-8(7)11-6-2-5-10-11/h2,5-8H,1,3-4,9H2. The summed E-state index contributed by atoms with van der Waals surface area (Å²) in [6.07, 6.45) is 7.37. The molecule has 1 aliphatic rings. The molecule has 0 amide bonds. The molecule has 11 heavy (non-hydrogen) atoms. The summed E-state index contributed by atoms with van der Waals surface area (Å²) < 4.78 is 1.98. The number of rotatable bonds is 1. The fraction of sp³-hybridized carbons (Fsp3) is 0.625. The van der Waals surface area contributed by atoms with Crippen LogP contribution in [0.2, 0.25) is 0 Å². The van der Waals surface area contributed by atoms with Crippen molar-refractivity contribution in [1.82, 2.24) is 9.78 Å². The second-order valence-corrected chi connectivity index (χ2v) is 3.15. The van der Waals surface area contributed by atoms with Gasteiger partial charge in [0.2, 0.25) is 0 Å². The van der Waals surface area contributed by atoms with Gasteiger partial charge in [0, 0.05) is 18.4 Å². The van der Waals surface area contributed by atoms with Crippen molar-refractivity contribution in [2.45, 2.75) is 31.3 Å². The number of aromatic nitrogens is 2. The van der Waals surface area contributed by atoms with E-state index in [-0.39, 0.29) is 0 Å². The van der Waals surface area contributed by atoms with Gasteiger partial charge in [-0.25, -0.2) is 0 Å². The lowest BCUT2D eigenvalue weighted by molar-refractivity contribution is 0.422. The fourth-order valence-corrected chi connectivity index (χ4v) is 1.77. The lowest BCUT2D eigenvalue weighted by Gasteiger charge is -2.15. The van der Waals surface area contributed by atoms with Crippen LogP contribution in [0.5, 0.6) is 0 Å². The van der Waals surface area contributed by atoms with Crippen LogP contribution >= 0.6 is 0 Å². The third-order valence-electron chi connectivity index (χ3n) is 2.40. The van der Waals surface area contributed by atoms with Gasteiger partial charge in [0.25, 0.3) is 0 Å². The first-order chi connectivity index (χ1) is 5.38. The van der Waals surface area contributed by atoms with Crippen LogP contribution in [0.25, 0.3) is 0 Å². The van der Waals surface area contributed by atoms with Crippen LogP contribution in [0, 0.1) is 0 Å². The molecule has 0 radical (unpaired) electrons. The molecule has 3 heteroatoms. The zero-order chi connectivity index (χ0) is 7.68. The van der Waals surface area contributed by atoms with Crippen LogP contribution in [-0.2, 0) is 0 Å². The molecule has 2 unspecified atom stereocenters. The molecule has 1 aromatic heterocycles. The van der Waals surface area contributed by atoms with E-state index < -0.39 is 0 Å². The number of nitrogens with zero attached hydrogens (tertiary/aromatic N) is 2. The van der Waals surface area contributed by atoms with E-state index in [1.807, 2.05) is 23.1 Å². The second-order valence-electron chi connectivity index (χ2n) is 3.15. The Bertz CT molecular complexity index is 217. The van der Waals surface area contributed by atoms with Crippen LogP contribution in [0.15, 0.2) is 18.5 Å². The molecule has 0 aromatic carbocycles. The number of hydrogen-bond donors (Lipinski definition) is 1. The minimum Gasteiger partial charge on any atom is -0.326 e. The summed E-state index contributed by atoms with van der Waals surface area (Å²) in [7, 11) is 0. The number of hydrogen-bond acceptors (Lipinski definition) is 2. The van der Waals surface area contributed by atoms with Crippen molar-refractivity contribution in [1.29, 1.82) is 0 Å². The second kappa shape index (κ2) is 2.66. The highest BCUT2D eigenvalue weighted by atomic mass is 15.3. The van der Waals surface area contributed by atoms with Crippen LogP contribution in [0.4, 0.5) is 0 Å². The van der Waals surface area contributed by atoms with E-state index in [2.05, 4.69) is 5.10 Å². The van der Waals surface area contributed by atoms with Gasteiger partial charge in [0.15, 0.2) is 0 Å². The zero-order valence-electron chi connectivity index (χ0n) is 6.48. The maximum Gasteiger partial charge on any atom is 0.0670 e. The van der Waals surface area contributed by atoms with Gasteiger partial charge < -0.3 is 5.73 Å². The summed E-state index contributed by atoms with van der Waals surface area (Å²) in [5.74, 6) is 0. The Balaban J connectivity index is 2.16. The molecule has 2 atom stereocenters. The van der Waals surface area contributed by atoms with E-state index >= 15 is 0 Å². The maximum atomic E-state index is 5.91. The quantitative estimate of drug-likeness (QED) is 0.649. The summed E-state index contributed by atoms with van der Waals surface area (Å²) in [4.78, 5) is 0. The predicted molar refractivity (Wildman–Crippen MR) is 43.1 cm³/mol. The van der Waals surface area contributed by atoms with E-state index in [4.69, 9.17) is 5.73 Å². The summed E-state index contributed by atoms with van der Waals surface area (Å²) in [5.41, 5.74) is 5.91. The third kappa shape index (κ3) is 1.16. The summed E-state index contributed by atoms with van der Waals surface area (Å²) in [6, 6.07) is 2.71. The highest BCUT2D eigenvalue weighted by molar-refractivity contribution is 4.89. The van der Waals surface area contributed by atoms with Gasteiger partial charge in [0.1, 0.15) is 0 Å². The summed E-state index contributed by atoms with van der Waals surface area (Å²) in [6.45, 7) is 0. The van der Waals surface area contributed by atoms with Crippen molar-refractivity contribution < 1.29 is 0 Å². The Morgan fingerprint density at radius 1 is 1.45 bits per heavy atom. The molecule has 0 bridgehead atoms. The average Bonchev–Trinajstić information content (AvgIpc) is 2.55. The Labute approximate surface area is 66.2 Å². The summed E-state index contributed by atoms with van der Waals surface area (Å²) >= 11 is 0. The van der Waals surface area contributed by atoms with Crippen LogP contribution in [-0.4, -0.2) is 15.8 Å². The Morgan fingerprint density at radius 2 is 2.36 bits per heavy atom. The van der Waals surface area contributed by atoms with Crippen LogP contribution in [0.3, 0.4) is 0 Å². The van der Waals surface area contributed by atoms with Gasteiger partial charge in [0.05, 0.1) is 6.04 Å². The Morgan fingerprint density at radius 3 is 2.91 bits per heavy atom. The van der Waals surface area contributed by atoms with Gasteiger partial charge >= 0.3 is 0 Å². The van der Waals surface area contributed by atoms with E-state index in [9.17, 15) is 0 Å². The lowest BCUT2D eigenvalue weighted by atomic mass is 10.2. The first-order valence-corrected chi connectivity index (χ1v) is 4.12. The molecule has 3 nitrogen and oxygen atoms in total. The number of nitrogens with two attached hydrogens (primary N) is 1. The predicted octanol–water partition coefficient (Wildman–Crippen LogP) is 0.935. The van der Waals surface area contributed by atoms with E-state index in [0.29, 0.717) is 12.1 Å². The molecule has 0 spiro atoms. The fourth-order valence-electron chi connectivity index (χ4n) is 1.77. The Kier molecular flexibility index (Phi) is 1.66. The van der Waals surface area contributed by atoms with Gasteiger partial charge in [-0.1, -0.05) is 0 Å². The third-order valence-corrected chi connectivity index (χ3v) is 2.40. The first kappa shape index (κ1) is 6.85. The molecule has 60 valence electrons. The van der Waals surface area contributed by atoms with Gasteiger partial charge in [-0.15, -0.1) is 0 Å². The maximum absolute atomic E-state index is 5.91. The molecule has 2 N–H and O–H groups in total. The molecular formula is C8H13N3.